The van der Waals surface area contributed by atoms with Crippen LogP contribution in [-0.4, -0.2) is 7.11 Å². The molecular formula is C19H28OS2. The van der Waals surface area contributed by atoms with Crippen molar-refractivity contribution in [3.05, 3.63) is 28.5 Å². The molecule has 0 N–H and O–H groups in total. The third kappa shape index (κ3) is 5.44. The number of hydrogen-bond donors (Lipinski definition) is 0. The van der Waals surface area contributed by atoms with Crippen LogP contribution in [0.25, 0.3) is 10.4 Å². The molecule has 2 aromatic rings. The molecule has 2 aromatic heterocycles. The van der Waals surface area contributed by atoms with Gasteiger partial charge in [0, 0.05) is 15.3 Å². The van der Waals surface area contributed by atoms with Gasteiger partial charge in [0.1, 0.15) is 0 Å². The van der Waals surface area contributed by atoms with Gasteiger partial charge in [0.25, 0.3) is 0 Å². The highest BCUT2D eigenvalue weighted by Crippen LogP contribution is 2.40. The van der Waals surface area contributed by atoms with Crippen molar-refractivity contribution in [1.82, 2.24) is 0 Å². The molecule has 0 aliphatic carbocycles. The van der Waals surface area contributed by atoms with Crippen molar-refractivity contribution < 1.29 is 4.74 Å². The van der Waals surface area contributed by atoms with E-state index in [0.717, 1.165) is 5.06 Å². The van der Waals surface area contributed by atoms with Gasteiger partial charge in [-0.1, -0.05) is 57.9 Å². The molecule has 0 saturated heterocycles. The largest absolute Gasteiger partial charge is 0.487 e. The molecule has 0 atom stereocenters. The maximum absolute atomic E-state index is 5.56. The summed E-state index contributed by atoms with van der Waals surface area (Å²) in [4.78, 5) is 2.78. The van der Waals surface area contributed by atoms with E-state index in [-0.39, 0.29) is 0 Å². The molecule has 1 nitrogen and oxygen atoms in total. The van der Waals surface area contributed by atoms with Crippen molar-refractivity contribution in [3.8, 4) is 15.5 Å². The number of aryl methyl sites for hydroxylation is 1. The van der Waals surface area contributed by atoms with Crippen LogP contribution in [0.1, 0.15) is 63.2 Å². The number of hydrogen-bond acceptors (Lipinski definition) is 3. The summed E-state index contributed by atoms with van der Waals surface area (Å²) in [7, 11) is 1.78. The number of unbranched alkanes of at least 4 members (excludes halogenated alkanes) is 7. The van der Waals surface area contributed by atoms with E-state index in [0.29, 0.717) is 0 Å². The van der Waals surface area contributed by atoms with Crippen molar-refractivity contribution in [2.24, 2.45) is 0 Å². The number of ether oxygens (including phenoxy) is 1. The highest BCUT2D eigenvalue weighted by molar-refractivity contribution is 7.16. The average molecular weight is 337 g/mol. The SMILES string of the molecule is CCCCCCCCCCc1cc(-c2cccs2)c(OC)s1. The molecule has 0 aliphatic rings. The molecule has 0 unspecified atom stereocenters. The van der Waals surface area contributed by atoms with E-state index in [1.54, 1.807) is 18.4 Å². The lowest BCUT2D eigenvalue weighted by molar-refractivity contribution is 0.429. The first-order valence-electron chi connectivity index (χ1n) is 8.55. The summed E-state index contributed by atoms with van der Waals surface area (Å²) in [5.41, 5.74) is 1.28. The molecule has 0 saturated carbocycles. The van der Waals surface area contributed by atoms with E-state index in [1.807, 2.05) is 11.3 Å². The van der Waals surface area contributed by atoms with Gasteiger partial charge in [-0.15, -0.1) is 22.7 Å². The van der Waals surface area contributed by atoms with Gasteiger partial charge in [-0.2, -0.15) is 0 Å². The second kappa shape index (κ2) is 10.1. The molecule has 0 aliphatic heterocycles. The Labute approximate surface area is 143 Å². The Kier molecular flexibility index (Phi) is 8.03. The Morgan fingerprint density at radius 1 is 1.00 bits per heavy atom. The standard InChI is InChI=1S/C19H28OS2/c1-3-4-5-6-7-8-9-10-12-16-15-17(19(20-2)22-16)18-13-11-14-21-18/h11,13-15H,3-10,12H2,1-2H3. The van der Waals surface area contributed by atoms with Gasteiger partial charge in [0.05, 0.1) is 7.11 Å². The smallest absolute Gasteiger partial charge is 0.182 e. The van der Waals surface area contributed by atoms with Crippen molar-refractivity contribution in [1.29, 1.82) is 0 Å². The van der Waals surface area contributed by atoms with Crippen LogP contribution in [0.2, 0.25) is 0 Å². The minimum Gasteiger partial charge on any atom is -0.487 e. The van der Waals surface area contributed by atoms with Crippen LogP contribution in [0.5, 0.6) is 5.06 Å². The molecule has 0 bridgehead atoms. The van der Waals surface area contributed by atoms with E-state index < -0.39 is 0 Å². The number of methoxy groups -OCH3 is 1. The van der Waals surface area contributed by atoms with Crippen molar-refractivity contribution in [2.75, 3.05) is 7.11 Å². The first kappa shape index (κ1) is 17.6. The van der Waals surface area contributed by atoms with Gasteiger partial charge in [0.2, 0.25) is 0 Å². The van der Waals surface area contributed by atoms with Crippen LogP contribution in [0.15, 0.2) is 23.6 Å². The Hall–Kier alpha value is -0.800. The van der Waals surface area contributed by atoms with Crippen LogP contribution in [0.3, 0.4) is 0 Å². The summed E-state index contributed by atoms with van der Waals surface area (Å²) in [6.07, 6.45) is 12.3. The van der Waals surface area contributed by atoms with Gasteiger partial charge >= 0.3 is 0 Å². The lowest BCUT2D eigenvalue weighted by atomic mass is 10.1. The van der Waals surface area contributed by atoms with Crippen LogP contribution in [-0.2, 0) is 6.42 Å². The second-order valence-electron chi connectivity index (χ2n) is 5.82. The molecular weight excluding hydrogens is 308 g/mol. The third-order valence-corrected chi connectivity index (χ3v) is 6.06. The Bertz CT molecular complexity index is 514. The van der Waals surface area contributed by atoms with Crippen molar-refractivity contribution >= 4 is 22.7 Å². The van der Waals surface area contributed by atoms with Gasteiger partial charge in [-0.3, -0.25) is 0 Å². The van der Waals surface area contributed by atoms with E-state index in [2.05, 4.69) is 30.5 Å². The molecule has 2 rings (SSSR count). The fourth-order valence-corrected chi connectivity index (χ4v) is 4.56. The summed E-state index contributed by atoms with van der Waals surface area (Å²) in [5, 5.41) is 3.20. The van der Waals surface area contributed by atoms with Crippen LogP contribution >= 0.6 is 22.7 Å². The number of rotatable bonds is 11. The zero-order valence-corrected chi connectivity index (χ0v) is 15.5. The lowest BCUT2D eigenvalue weighted by Gasteiger charge is -2.00. The zero-order chi connectivity index (χ0) is 15.6. The summed E-state index contributed by atoms with van der Waals surface area (Å²) in [5.74, 6) is 0. The van der Waals surface area contributed by atoms with Crippen LogP contribution < -0.4 is 4.74 Å². The summed E-state index contributed by atoms with van der Waals surface area (Å²) in [6.45, 7) is 2.28. The minimum absolute atomic E-state index is 1.07. The molecule has 2 heterocycles. The molecule has 22 heavy (non-hydrogen) atoms. The Morgan fingerprint density at radius 3 is 2.36 bits per heavy atom. The molecule has 0 amide bonds. The highest BCUT2D eigenvalue weighted by atomic mass is 32.1. The van der Waals surface area contributed by atoms with Gasteiger partial charge in [-0.25, -0.2) is 0 Å². The lowest BCUT2D eigenvalue weighted by Crippen LogP contribution is -1.83. The van der Waals surface area contributed by atoms with Gasteiger partial charge < -0.3 is 4.74 Å². The normalized spacial score (nSPS) is 11.0. The molecule has 0 radical (unpaired) electrons. The fourth-order valence-electron chi connectivity index (χ4n) is 2.73. The zero-order valence-electron chi connectivity index (χ0n) is 13.9. The predicted octanol–water partition coefficient (Wildman–Crippen LogP) is 7.17. The van der Waals surface area contributed by atoms with Gasteiger partial charge in [0.15, 0.2) is 5.06 Å². The first-order valence-corrected chi connectivity index (χ1v) is 10.2. The highest BCUT2D eigenvalue weighted by Gasteiger charge is 2.12. The minimum atomic E-state index is 1.07. The Balaban J connectivity index is 1.72. The van der Waals surface area contributed by atoms with Crippen molar-refractivity contribution in [3.63, 3.8) is 0 Å². The van der Waals surface area contributed by atoms with E-state index in [1.165, 1.54) is 73.1 Å². The summed E-state index contributed by atoms with van der Waals surface area (Å²) in [6, 6.07) is 6.61. The van der Waals surface area contributed by atoms with E-state index in [9.17, 15) is 0 Å². The third-order valence-electron chi connectivity index (χ3n) is 4.00. The molecule has 3 heteroatoms. The summed E-state index contributed by atoms with van der Waals surface area (Å²) >= 11 is 3.60. The maximum atomic E-state index is 5.56. The Morgan fingerprint density at radius 2 is 1.73 bits per heavy atom. The molecule has 122 valence electrons. The fraction of sp³-hybridized carbons (Fsp3) is 0.579. The van der Waals surface area contributed by atoms with Crippen LogP contribution in [0.4, 0.5) is 0 Å². The topological polar surface area (TPSA) is 9.23 Å². The molecule has 0 spiro atoms. The van der Waals surface area contributed by atoms with E-state index >= 15 is 0 Å². The first-order chi connectivity index (χ1) is 10.8. The molecule has 0 fully saturated rings. The predicted molar refractivity (Wildman–Crippen MR) is 100 cm³/mol. The molecule has 0 aromatic carbocycles. The average Bonchev–Trinajstić information content (AvgIpc) is 3.18. The summed E-state index contributed by atoms with van der Waals surface area (Å²) < 4.78 is 5.56. The second-order valence-corrected chi connectivity index (χ2v) is 7.87. The van der Waals surface area contributed by atoms with Crippen LogP contribution in [0, 0.1) is 0 Å². The van der Waals surface area contributed by atoms with Crippen molar-refractivity contribution in [2.45, 2.75) is 64.7 Å². The van der Waals surface area contributed by atoms with E-state index in [4.69, 9.17) is 4.74 Å². The van der Waals surface area contributed by atoms with Gasteiger partial charge in [-0.05, 0) is 30.4 Å². The maximum Gasteiger partial charge on any atom is 0.182 e. The quantitative estimate of drug-likeness (QED) is 0.395. The number of thiophene rings is 2. The monoisotopic (exact) mass is 336 g/mol.